The van der Waals surface area contributed by atoms with Gasteiger partial charge in [0.15, 0.2) is 5.82 Å². The Balaban J connectivity index is 2.52. The van der Waals surface area contributed by atoms with Gasteiger partial charge in [-0.05, 0) is 18.6 Å². The molecule has 5 heteroatoms. The van der Waals surface area contributed by atoms with Crippen LogP contribution in [0.1, 0.15) is 6.42 Å². The van der Waals surface area contributed by atoms with Crippen molar-refractivity contribution in [3.8, 4) is 0 Å². The van der Waals surface area contributed by atoms with Gasteiger partial charge in [-0.1, -0.05) is 17.7 Å². The van der Waals surface area contributed by atoms with Crippen LogP contribution in [0.3, 0.4) is 0 Å². The van der Waals surface area contributed by atoms with Crippen LogP contribution in [0, 0.1) is 5.82 Å². The summed E-state index contributed by atoms with van der Waals surface area (Å²) in [6.45, 7) is 0. The molecular formula is C9H9ClFNOS. The Morgan fingerprint density at radius 1 is 1.43 bits per heavy atom. The lowest BCUT2D eigenvalue weighted by Gasteiger charge is -2.18. The van der Waals surface area contributed by atoms with Gasteiger partial charge in [-0.2, -0.15) is 4.36 Å². The van der Waals surface area contributed by atoms with Crippen LogP contribution in [0.15, 0.2) is 22.6 Å². The Morgan fingerprint density at radius 2 is 2.14 bits per heavy atom. The second kappa shape index (κ2) is 3.51. The molecule has 14 heavy (non-hydrogen) atoms. The highest BCUT2D eigenvalue weighted by Gasteiger charge is 2.20. The highest BCUT2D eigenvalue weighted by atomic mass is 35.5. The van der Waals surface area contributed by atoms with E-state index in [9.17, 15) is 8.60 Å². The molecule has 76 valence electrons. The van der Waals surface area contributed by atoms with Crippen molar-refractivity contribution in [3.63, 3.8) is 0 Å². The van der Waals surface area contributed by atoms with E-state index in [2.05, 4.69) is 4.36 Å². The molecule has 0 atom stereocenters. The predicted octanol–water partition coefficient (Wildman–Crippen LogP) is 2.98. The standard InChI is InChI=1S/C9H9ClFNOS/c10-7-3-1-4-8(11)9(7)12-14(13)5-2-6-14/h1,3-4H,2,5-6H2. The van der Waals surface area contributed by atoms with Crippen molar-refractivity contribution >= 4 is 27.0 Å². The summed E-state index contributed by atoms with van der Waals surface area (Å²) in [5, 5.41) is 0.222. The summed E-state index contributed by atoms with van der Waals surface area (Å²) in [6, 6.07) is 4.32. The van der Waals surface area contributed by atoms with Gasteiger partial charge in [0.1, 0.15) is 5.69 Å². The van der Waals surface area contributed by atoms with Gasteiger partial charge >= 0.3 is 0 Å². The number of hydrogen-bond acceptors (Lipinski definition) is 2. The average molecular weight is 234 g/mol. The third-order valence-corrected chi connectivity index (χ3v) is 4.80. The van der Waals surface area contributed by atoms with Gasteiger partial charge in [0.25, 0.3) is 0 Å². The Bertz CT molecular complexity index is 449. The summed E-state index contributed by atoms with van der Waals surface area (Å²) in [5.74, 6) is 0.599. The molecule has 0 spiro atoms. The number of benzene rings is 1. The quantitative estimate of drug-likeness (QED) is 0.733. The minimum Gasteiger partial charge on any atom is -0.249 e. The maximum absolute atomic E-state index is 13.2. The zero-order valence-corrected chi connectivity index (χ0v) is 8.95. The normalized spacial score (nSPS) is 18.7. The lowest BCUT2D eigenvalue weighted by atomic mass is 10.3. The SMILES string of the molecule is O=S1(=Nc2c(F)cccc2Cl)CCC1. The minimum absolute atomic E-state index is 0.0406. The molecule has 1 aromatic rings. The molecule has 0 aliphatic carbocycles. The molecule has 0 aromatic heterocycles. The summed E-state index contributed by atoms with van der Waals surface area (Å²) in [6.07, 6.45) is 0.897. The molecule has 0 N–H and O–H groups in total. The number of halogens is 2. The number of nitrogens with zero attached hydrogens (tertiary/aromatic N) is 1. The highest BCUT2D eigenvalue weighted by Crippen LogP contribution is 2.31. The van der Waals surface area contributed by atoms with Gasteiger partial charge in [-0.25, -0.2) is 8.60 Å². The van der Waals surface area contributed by atoms with E-state index in [1.807, 2.05) is 0 Å². The molecule has 1 fully saturated rings. The second-order valence-corrected chi connectivity index (χ2v) is 6.15. The second-order valence-electron chi connectivity index (χ2n) is 3.20. The Morgan fingerprint density at radius 3 is 2.64 bits per heavy atom. The van der Waals surface area contributed by atoms with Crippen LogP contribution in [0.25, 0.3) is 0 Å². The topological polar surface area (TPSA) is 29.4 Å². The zero-order chi connectivity index (χ0) is 10.2. The van der Waals surface area contributed by atoms with Crippen LogP contribution in [0.5, 0.6) is 0 Å². The first-order valence-electron chi connectivity index (χ1n) is 4.27. The van der Waals surface area contributed by atoms with Gasteiger partial charge in [-0.3, -0.25) is 0 Å². The fourth-order valence-corrected chi connectivity index (χ4v) is 2.96. The molecule has 1 saturated heterocycles. The fraction of sp³-hybridized carbons (Fsp3) is 0.333. The molecule has 0 radical (unpaired) electrons. The van der Waals surface area contributed by atoms with Gasteiger partial charge in [0, 0.05) is 11.5 Å². The Hall–Kier alpha value is -0.610. The lowest BCUT2D eigenvalue weighted by molar-refractivity contribution is 0.628. The molecule has 0 saturated carbocycles. The van der Waals surface area contributed by atoms with Crippen LogP contribution in [0.2, 0.25) is 5.02 Å². The molecule has 0 unspecified atom stereocenters. The Labute approximate surface area is 87.3 Å². The van der Waals surface area contributed by atoms with E-state index in [4.69, 9.17) is 11.6 Å². The predicted molar refractivity (Wildman–Crippen MR) is 56.0 cm³/mol. The zero-order valence-electron chi connectivity index (χ0n) is 7.37. The molecular weight excluding hydrogens is 225 g/mol. The monoisotopic (exact) mass is 233 g/mol. The third kappa shape index (κ3) is 1.77. The van der Waals surface area contributed by atoms with E-state index in [0.717, 1.165) is 6.42 Å². The number of rotatable bonds is 1. The van der Waals surface area contributed by atoms with Crippen molar-refractivity contribution < 1.29 is 8.60 Å². The molecule has 2 rings (SSSR count). The maximum atomic E-state index is 13.2. The first kappa shape index (κ1) is 9.93. The van der Waals surface area contributed by atoms with E-state index >= 15 is 0 Å². The van der Waals surface area contributed by atoms with E-state index in [-0.39, 0.29) is 10.7 Å². The van der Waals surface area contributed by atoms with E-state index in [1.165, 1.54) is 12.1 Å². The van der Waals surface area contributed by atoms with Crippen molar-refractivity contribution in [2.45, 2.75) is 6.42 Å². The van der Waals surface area contributed by atoms with E-state index in [0.29, 0.717) is 11.5 Å². The lowest BCUT2D eigenvalue weighted by Crippen LogP contribution is -2.23. The molecule has 1 heterocycles. The smallest absolute Gasteiger partial charge is 0.151 e. The average Bonchev–Trinajstić information content (AvgIpc) is 2.09. The van der Waals surface area contributed by atoms with Crippen molar-refractivity contribution in [1.29, 1.82) is 0 Å². The van der Waals surface area contributed by atoms with E-state index < -0.39 is 15.5 Å². The van der Waals surface area contributed by atoms with Crippen molar-refractivity contribution in [1.82, 2.24) is 0 Å². The van der Waals surface area contributed by atoms with Crippen molar-refractivity contribution in [2.75, 3.05) is 11.5 Å². The largest absolute Gasteiger partial charge is 0.249 e. The highest BCUT2D eigenvalue weighted by molar-refractivity contribution is 7.95. The first-order chi connectivity index (χ1) is 6.61. The molecule has 0 bridgehead atoms. The molecule has 2 nitrogen and oxygen atoms in total. The summed E-state index contributed by atoms with van der Waals surface area (Å²) >= 11 is 5.76. The summed E-state index contributed by atoms with van der Waals surface area (Å²) in [7, 11) is -2.19. The molecule has 1 aliphatic heterocycles. The van der Waals surface area contributed by atoms with Crippen LogP contribution in [0.4, 0.5) is 10.1 Å². The van der Waals surface area contributed by atoms with Gasteiger partial charge in [-0.15, -0.1) is 0 Å². The van der Waals surface area contributed by atoms with Crippen molar-refractivity contribution in [2.24, 2.45) is 4.36 Å². The summed E-state index contributed by atoms with van der Waals surface area (Å²) in [5.41, 5.74) is 0.0406. The Kier molecular flexibility index (Phi) is 2.49. The van der Waals surface area contributed by atoms with Crippen LogP contribution in [-0.4, -0.2) is 15.7 Å². The number of hydrogen-bond donors (Lipinski definition) is 0. The van der Waals surface area contributed by atoms with Gasteiger partial charge < -0.3 is 0 Å². The molecule has 0 amide bonds. The van der Waals surface area contributed by atoms with Crippen molar-refractivity contribution in [3.05, 3.63) is 29.0 Å². The molecule has 1 aromatic carbocycles. The minimum atomic E-state index is -2.19. The summed E-state index contributed by atoms with van der Waals surface area (Å²) < 4.78 is 28.9. The van der Waals surface area contributed by atoms with E-state index in [1.54, 1.807) is 6.07 Å². The third-order valence-electron chi connectivity index (χ3n) is 2.12. The molecule has 1 aliphatic rings. The fourth-order valence-electron chi connectivity index (χ4n) is 1.23. The summed E-state index contributed by atoms with van der Waals surface area (Å²) in [4.78, 5) is 0. The van der Waals surface area contributed by atoms with Crippen LogP contribution in [-0.2, 0) is 9.73 Å². The van der Waals surface area contributed by atoms with Gasteiger partial charge in [0.2, 0.25) is 0 Å². The van der Waals surface area contributed by atoms with Gasteiger partial charge in [0.05, 0.1) is 14.8 Å². The maximum Gasteiger partial charge on any atom is 0.151 e. The van der Waals surface area contributed by atoms with Crippen LogP contribution < -0.4 is 0 Å². The van der Waals surface area contributed by atoms with Crippen LogP contribution >= 0.6 is 11.6 Å². The first-order valence-corrected chi connectivity index (χ1v) is 6.50.